The van der Waals surface area contributed by atoms with Gasteiger partial charge in [-0.15, -0.1) is 0 Å². The molecule has 0 radical (unpaired) electrons. The Morgan fingerprint density at radius 1 is 1.50 bits per heavy atom. The van der Waals surface area contributed by atoms with Gasteiger partial charge in [0.2, 0.25) is 5.91 Å². The fourth-order valence-corrected chi connectivity index (χ4v) is 1.44. The van der Waals surface area contributed by atoms with E-state index in [1.165, 1.54) is 0 Å². The molecule has 0 heterocycles. The quantitative estimate of drug-likeness (QED) is 0.795. The summed E-state index contributed by atoms with van der Waals surface area (Å²) in [5.74, 6) is 0.446. The van der Waals surface area contributed by atoms with Gasteiger partial charge in [0.25, 0.3) is 0 Å². The summed E-state index contributed by atoms with van der Waals surface area (Å²) in [6, 6.07) is 7.31. The number of carbonyl (C=O) groups excluding carboxylic acids is 1. The Bertz CT molecular complexity index is 349. The largest absolute Gasteiger partial charge is 0.495 e. The predicted octanol–water partition coefficient (Wildman–Crippen LogP) is 1.62. The van der Waals surface area contributed by atoms with Gasteiger partial charge in [-0.2, -0.15) is 0 Å². The predicted molar refractivity (Wildman–Crippen MR) is 64.5 cm³/mol. The van der Waals surface area contributed by atoms with Crippen molar-refractivity contribution < 1.29 is 9.53 Å². The van der Waals surface area contributed by atoms with Crippen LogP contribution in [-0.4, -0.2) is 19.6 Å². The second-order valence-electron chi connectivity index (χ2n) is 3.53. The Morgan fingerprint density at radius 2 is 2.19 bits per heavy atom. The third kappa shape index (κ3) is 2.97. The summed E-state index contributed by atoms with van der Waals surface area (Å²) >= 11 is 0. The van der Waals surface area contributed by atoms with Crippen LogP contribution in [-0.2, 0) is 4.79 Å². The van der Waals surface area contributed by atoms with Gasteiger partial charge >= 0.3 is 0 Å². The van der Waals surface area contributed by atoms with Crippen molar-refractivity contribution >= 4 is 11.6 Å². The van der Waals surface area contributed by atoms with Crippen LogP contribution in [0.15, 0.2) is 24.3 Å². The van der Waals surface area contributed by atoms with E-state index in [1.54, 1.807) is 19.2 Å². The van der Waals surface area contributed by atoms with E-state index < -0.39 is 0 Å². The highest BCUT2D eigenvalue weighted by Crippen LogP contribution is 2.23. The van der Waals surface area contributed by atoms with E-state index in [0.717, 1.165) is 6.42 Å². The molecule has 0 bridgehead atoms. The zero-order valence-corrected chi connectivity index (χ0v) is 9.69. The molecule has 0 spiro atoms. The standard InChI is InChI=1S/C12H18N2O2/c1-3-9(8-13)12(15)14-10-6-4-5-7-11(10)16-2/h4-7,9H,3,8,13H2,1-2H3,(H,14,15). The van der Waals surface area contributed by atoms with Crippen molar-refractivity contribution in [3.8, 4) is 5.75 Å². The van der Waals surface area contributed by atoms with Crippen molar-refractivity contribution in [2.24, 2.45) is 11.7 Å². The van der Waals surface area contributed by atoms with Crippen molar-refractivity contribution in [1.82, 2.24) is 0 Å². The Morgan fingerprint density at radius 3 is 2.75 bits per heavy atom. The van der Waals surface area contributed by atoms with Crippen LogP contribution in [0.4, 0.5) is 5.69 Å². The maximum Gasteiger partial charge on any atom is 0.228 e. The molecule has 0 aliphatic heterocycles. The summed E-state index contributed by atoms with van der Waals surface area (Å²) in [5.41, 5.74) is 6.20. The molecule has 0 aromatic heterocycles. The molecule has 0 aliphatic carbocycles. The van der Waals surface area contributed by atoms with E-state index in [4.69, 9.17) is 10.5 Å². The summed E-state index contributed by atoms with van der Waals surface area (Å²) in [4.78, 5) is 11.8. The first-order chi connectivity index (χ1) is 7.72. The fraction of sp³-hybridized carbons (Fsp3) is 0.417. The van der Waals surface area contributed by atoms with Gasteiger partial charge in [-0.3, -0.25) is 4.79 Å². The van der Waals surface area contributed by atoms with E-state index in [-0.39, 0.29) is 11.8 Å². The molecular weight excluding hydrogens is 204 g/mol. The SMILES string of the molecule is CCC(CN)C(=O)Nc1ccccc1OC. The zero-order valence-electron chi connectivity index (χ0n) is 9.69. The Kier molecular flexibility index (Phi) is 4.79. The molecule has 4 heteroatoms. The third-order valence-electron chi connectivity index (χ3n) is 2.51. The van der Waals surface area contributed by atoms with E-state index >= 15 is 0 Å². The molecule has 0 aliphatic rings. The summed E-state index contributed by atoms with van der Waals surface area (Å²) < 4.78 is 5.15. The van der Waals surface area contributed by atoms with Crippen molar-refractivity contribution in [3.63, 3.8) is 0 Å². The Labute approximate surface area is 95.8 Å². The molecular formula is C12H18N2O2. The number of anilines is 1. The van der Waals surface area contributed by atoms with Crippen molar-refractivity contribution in [2.45, 2.75) is 13.3 Å². The van der Waals surface area contributed by atoms with Gasteiger partial charge in [0.1, 0.15) is 5.75 Å². The van der Waals surface area contributed by atoms with Crippen molar-refractivity contribution in [1.29, 1.82) is 0 Å². The number of para-hydroxylation sites is 2. The van der Waals surface area contributed by atoms with E-state index in [0.29, 0.717) is 18.0 Å². The summed E-state index contributed by atoms with van der Waals surface area (Å²) in [5, 5.41) is 2.82. The van der Waals surface area contributed by atoms with Gasteiger partial charge in [-0.05, 0) is 18.6 Å². The Hall–Kier alpha value is -1.55. The summed E-state index contributed by atoms with van der Waals surface area (Å²) in [6.45, 7) is 2.30. The lowest BCUT2D eigenvalue weighted by atomic mass is 10.1. The minimum atomic E-state index is -0.148. The second-order valence-corrected chi connectivity index (χ2v) is 3.53. The molecule has 0 saturated heterocycles. The van der Waals surface area contributed by atoms with Crippen molar-refractivity contribution in [3.05, 3.63) is 24.3 Å². The second kappa shape index (κ2) is 6.12. The van der Waals surface area contributed by atoms with Gasteiger partial charge in [0.05, 0.1) is 18.7 Å². The molecule has 0 saturated carbocycles. The van der Waals surface area contributed by atoms with E-state index in [9.17, 15) is 4.79 Å². The van der Waals surface area contributed by atoms with Crippen LogP contribution >= 0.6 is 0 Å². The molecule has 88 valence electrons. The average molecular weight is 222 g/mol. The molecule has 16 heavy (non-hydrogen) atoms. The van der Waals surface area contributed by atoms with Gasteiger partial charge in [0, 0.05) is 6.54 Å². The smallest absolute Gasteiger partial charge is 0.228 e. The highest BCUT2D eigenvalue weighted by atomic mass is 16.5. The highest BCUT2D eigenvalue weighted by molar-refractivity contribution is 5.94. The monoisotopic (exact) mass is 222 g/mol. The number of carbonyl (C=O) groups is 1. The number of nitrogens with two attached hydrogens (primary N) is 1. The molecule has 1 rings (SSSR count). The van der Waals surface area contributed by atoms with E-state index in [1.807, 2.05) is 19.1 Å². The minimum absolute atomic E-state index is 0.0606. The topological polar surface area (TPSA) is 64.4 Å². The molecule has 1 amide bonds. The van der Waals surface area contributed by atoms with Crippen LogP contribution in [0, 0.1) is 5.92 Å². The first-order valence-electron chi connectivity index (χ1n) is 5.36. The number of nitrogens with one attached hydrogen (secondary N) is 1. The van der Waals surface area contributed by atoms with Gasteiger partial charge < -0.3 is 15.8 Å². The average Bonchev–Trinajstić information content (AvgIpc) is 2.31. The summed E-state index contributed by atoms with van der Waals surface area (Å²) in [6.07, 6.45) is 0.734. The zero-order chi connectivity index (χ0) is 12.0. The molecule has 1 unspecified atom stereocenters. The normalized spacial score (nSPS) is 11.9. The number of ether oxygens (including phenoxy) is 1. The first kappa shape index (κ1) is 12.5. The number of amides is 1. The number of benzene rings is 1. The molecule has 3 N–H and O–H groups in total. The van der Waals surface area contributed by atoms with Crippen LogP contribution in [0.25, 0.3) is 0 Å². The minimum Gasteiger partial charge on any atom is -0.495 e. The lowest BCUT2D eigenvalue weighted by Gasteiger charge is -2.14. The van der Waals surface area contributed by atoms with Gasteiger partial charge in [-0.1, -0.05) is 19.1 Å². The summed E-state index contributed by atoms with van der Waals surface area (Å²) in [7, 11) is 1.57. The highest BCUT2D eigenvalue weighted by Gasteiger charge is 2.15. The third-order valence-corrected chi connectivity index (χ3v) is 2.51. The molecule has 1 aromatic carbocycles. The van der Waals surface area contributed by atoms with Gasteiger partial charge in [0.15, 0.2) is 0 Å². The first-order valence-corrected chi connectivity index (χ1v) is 5.36. The molecule has 1 aromatic rings. The number of hydrogen-bond acceptors (Lipinski definition) is 3. The van der Waals surface area contributed by atoms with E-state index in [2.05, 4.69) is 5.32 Å². The van der Waals surface area contributed by atoms with Crippen LogP contribution in [0.1, 0.15) is 13.3 Å². The van der Waals surface area contributed by atoms with Crippen LogP contribution < -0.4 is 15.8 Å². The molecule has 1 atom stereocenters. The fourth-order valence-electron chi connectivity index (χ4n) is 1.44. The van der Waals surface area contributed by atoms with Crippen LogP contribution in [0.5, 0.6) is 5.75 Å². The van der Waals surface area contributed by atoms with Gasteiger partial charge in [-0.25, -0.2) is 0 Å². The maximum atomic E-state index is 11.8. The maximum absolute atomic E-state index is 11.8. The lowest BCUT2D eigenvalue weighted by Crippen LogP contribution is -2.28. The van der Waals surface area contributed by atoms with Crippen molar-refractivity contribution in [2.75, 3.05) is 19.0 Å². The molecule has 0 fully saturated rings. The van der Waals surface area contributed by atoms with Crippen LogP contribution in [0.3, 0.4) is 0 Å². The molecule has 4 nitrogen and oxygen atoms in total. The number of hydrogen-bond donors (Lipinski definition) is 2. The lowest BCUT2D eigenvalue weighted by molar-refractivity contribution is -0.119. The number of rotatable bonds is 5. The van der Waals surface area contributed by atoms with Crippen LogP contribution in [0.2, 0.25) is 0 Å². The Balaban J connectivity index is 2.76. The number of methoxy groups -OCH3 is 1.